The Labute approximate surface area is 99.3 Å². The molecule has 5 heteroatoms. The maximum atomic E-state index is 11.2. The molecule has 94 valence electrons. The van der Waals surface area contributed by atoms with Crippen LogP contribution in [0.3, 0.4) is 0 Å². The summed E-state index contributed by atoms with van der Waals surface area (Å²) in [6.07, 6.45) is 1.66. The molecular weight excluding hydrogens is 222 g/mol. The lowest BCUT2D eigenvalue weighted by atomic mass is 9.96. The topological polar surface area (TPSA) is 73.9 Å². The Hall–Kier alpha value is -1.33. The van der Waals surface area contributed by atoms with Crippen molar-refractivity contribution in [3.8, 4) is 5.75 Å². The Morgan fingerprint density at radius 3 is 3.00 bits per heavy atom. The molecule has 1 aromatic rings. The second-order valence-corrected chi connectivity index (χ2v) is 4.66. The van der Waals surface area contributed by atoms with Crippen LogP contribution in [0.2, 0.25) is 0 Å². The standard InChI is InChI=1S/C12H17NO4/c1-8-2-3-13(6-11(8)15)5-9-4-10(14)12(16)7-17-9/h4,7-8,11,15-16H,2-3,5-6H2,1H3. The Kier molecular flexibility index (Phi) is 3.49. The van der Waals surface area contributed by atoms with Gasteiger partial charge >= 0.3 is 0 Å². The lowest BCUT2D eigenvalue weighted by Gasteiger charge is -2.33. The number of aliphatic hydroxyl groups is 1. The third-order valence-electron chi connectivity index (χ3n) is 3.25. The van der Waals surface area contributed by atoms with E-state index in [-0.39, 0.29) is 11.9 Å². The summed E-state index contributed by atoms with van der Waals surface area (Å²) >= 11 is 0. The van der Waals surface area contributed by atoms with Crippen molar-refractivity contribution in [2.75, 3.05) is 13.1 Å². The van der Waals surface area contributed by atoms with Crippen molar-refractivity contribution in [3.05, 3.63) is 28.3 Å². The van der Waals surface area contributed by atoms with Crippen molar-refractivity contribution in [3.63, 3.8) is 0 Å². The number of hydrogen-bond acceptors (Lipinski definition) is 5. The second kappa shape index (κ2) is 4.89. The predicted molar refractivity (Wildman–Crippen MR) is 61.7 cm³/mol. The molecule has 0 bridgehead atoms. The highest BCUT2D eigenvalue weighted by Crippen LogP contribution is 2.18. The van der Waals surface area contributed by atoms with E-state index >= 15 is 0 Å². The number of rotatable bonds is 2. The fourth-order valence-corrected chi connectivity index (χ4v) is 2.01. The summed E-state index contributed by atoms with van der Waals surface area (Å²) in [5.74, 6) is 0.452. The van der Waals surface area contributed by atoms with E-state index in [9.17, 15) is 9.90 Å². The highest BCUT2D eigenvalue weighted by Gasteiger charge is 2.24. The summed E-state index contributed by atoms with van der Waals surface area (Å²) in [6.45, 7) is 3.98. The molecule has 1 aromatic heterocycles. The molecular formula is C12H17NO4. The van der Waals surface area contributed by atoms with Gasteiger partial charge in [0.05, 0.1) is 12.6 Å². The van der Waals surface area contributed by atoms with Gasteiger partial charge in [-0.15, -0.1) is 0 Å². The van der Waals surface area contributed by atoms with Crippen LogP contribution in [0.5, 0.6) is 5.75 Å². The molecule has 0 spiro atoms. The summed E-state index contributed by atoms with van der Waals surface area (Å²) in [4.78, 5) is 13.3. The van der Waals surface area contributed by atoms with Gasteiger partial charge in [-0.2, -0.15) is 0 Å². The van der Waals surface area contributed by atoms with Crippen molar-refractivity contribution in [2.24, 2.45) is 5.92 Å². The van der Waals surface area contributed by atoms with Gasteiger partial charge in [-0.25, -0.2) is 0 Å². The molecule has 0 aromatic carbocycles. The molecule has 0 aliphatic carbocycles. The van der Waals surface area contributed by atoms with Gasteiger partial charge in [0.1, 0.15) is 12.0 Å². The molecule has 5 nitrogen and oxygen atoms in total. The maximum absolute atomic E-state index is 11.2. The molecule has 0 radical (unpaired) electrons. The lowest BCUT2D eigenvalue weighted by molar-refractivity contribution is 0.0231. The van der Waals surface area contributed by atoms with Gasteiger partial charge in [0.15, 0.2) is 5.75 Å². The van der Waals surface area contributed by atoms with Crippen molar-refractivity contribution in [1.82, 2.24) is 4.90 Å². The number of aliphatic hydroxyl groups excluding tert-OH is 1. The minimum Gasteiger partial charge on any atom is -0.502 e. The summed E-state index contributed by atoms with van der Waals surface area (Å²) in [5.41, 5.74) is -0.433. The van der Waals surface area contributed by atoms with E-state index in [1.165, 1.54) is 6.07 Å². The van der Waals surface area contributed by atoms with Crippen LogP contribution in [-0.4, -0.2) is 34.3 Å². The average Bonchev–Trinajstić information content (AvgIpc) is 2.29. The Morgan fingerprint density at radius 2 is 2.35 bits per heavy atom. The number of likely N-dealkylation sites (tertiary alicyclic amines) is 1. The Bertz CT molecular complexity index is 442. The number of nitrogens with zero attached hydrogens (tertiary/aromatic N) is 1. The van der Waals surface area contributed by atoms with Gasteiger partial charge in [-0.3, -0.25) is 9.69 Å². The van der Waals surface area contributed by atoms with Crippen molar-refractivity contribution < 1.29 is 14.6 Å². The van der Waals surface area contributed by atoms with Gasteiger partial charge < -0.3 is 14.6 Å². The molecule has 17 heavy (non-hydrogen) atoms. The molecule has 2 atom stereocenters. The molecule has 1 fully saturated rings. The zero-order valence-corrected chi connectivity index (χ0v) is 9.80. The molecule has 2 rings (SSSR count). The van der Waals surface area contributed by atoms with Crippen LogP contribution >= 0.6 is 0 Å². The van der Waals surface area contributed by atoms with Crippen LogP contribution in [-0.2, 0) is 6.54 Å². The highest BCUT2D eigenvalue weighted by atomic mass is 16.4. The normalized spacial score (nSPS) is 26.0. The minimum atomic E-state index is -0.433. The van der Waals surface area contributed by atoms with Gasteiger partial charge in [-0.1, -0.05) is 6.92 Å². The molecule has 0 saturated carbocycles. The third kappa shape index (κ3) is 2.87. The molecule has 1 aliphatic heterocycles. The SMILES string of the molecule is CC1CCN(Cc2cc(=O)c(O)co2)CC1O. The van der Waals surface area contributed by atoms with Gasteiger partial charge in [0.2, 0.25) is 5.43 Å². The van der Waals surface area contributed by atoms with Crippen LogP contribution < -0.4 is 5.43 Å². The quantitative estimate of drug-likeness (QED) is 0.788. The number of β-amino-alcohol motifs (C(OH)–C–C–N with tert-alkyl or cyclic N) is 1. The predicted octanol–water partition coefficient (Wildman–Crippen LogP) is 0.548. The summed E-state index contributed by atoms with van der Waals surface area (Å²) in [7, 11) is 0. The lowest BCUT2D eigenvalue weighted by Crippen LogP contribution is -2.42. The van der Waals surface area contributed by atoms with E-state index in [0.717, 1.165) is 19.2 Å². The first-order valence-corrected chi connectivity index (χ1v) is 5.77. The third-order valence-corrected chi connectivity index (χ3v) is 3.25. The summed E-state index contributed by atoms with van der Waals surface area (Å²) in [6, 6.07) is 1.29. The fraction of sp³-hybridized carbons (Fsp3) is 0.583. The molecule has 2 unspecified atom stereocenters. The van der Waals surface area contributed by atoms with Crippen LogP contribution in [0.25, 0.3) is 0 Å². The first kappa shape index (κ1) is 12.1. The van der Waals surface area contributed by atoms with Gasteiger partial charge in [-0.05, 0) is 18.9 Å². The fourth-order valence-electron chi connectivity index (χ4n) is 2.01. The van der Waals surface area contributed by atoms with Crippen LogP contribution in [0, 0.1) is 5.92 Å². The Balaban J connectivity index is 2.01. The van der Waals surface area contributed by atoms with Crippen molar-refractivity contribution in [1.29, 1.82) is 0 Å². The zero-order chi connectivity index (χ0) is 12.4. The molecule has 2 N–H and O–H groups in total. The number of aromatic hydroxyl groups is 1. The number of hydrogen-bond donors (Lipinski definition) is 2. The van der Waals surface area contributed by atoms with E-state index < -0.39 is 5.43 Å². The number of piperidine rings is 1. The summed E-state index contributed by atoms with van der Waals surface area (Å²) < 4.78 is 5.13. The van der Waals surface area contributed by atoms with Crippen LogP contribution in [0.15, 0.2) is 21.5 Å². The van der Waals surface area contributed by atoms with E-state index in [1.54, 1.807) is 0 Å². The van der Waals surface area contributed by atoms with E-state index in [1.807, 2.05) is 11.8 Å². The first-order valence-electron chi connectivity index (χ1n) is 5.77. The Morgan fingerprint density at radius 1 is 1.59 bits per heavy atom. The van der Waals surface area contributed by atoms with E-state index in [4.69, 9.17) is 9.52 Å². The molecule has 1 aliphatic rings. The summed E-state index contributed by atoms with van der Waals surface area (Å²) in [5, 5.41) is 18.8. The van der Waals surface area contributed by atoms with Crippen molar-refractivity contribution >= 4 is 0 Å². The maximum Gasteiger partial charge on any atom is 0.226 e. The van der Waals surface area contributed by atoms with Gasteiger partial charge in [0.25, 0.3) is 0 Å². The monoisotopic (exact) mass is 239 g/mol. The van der Waals surface area contributed by atoms with Crippen molar-refractivity contribution in [2.45, 2.75) is 26.0 Å². The average molecular weight is 239 g/mol. The van der Waals surface area contributed by atoms with Crippen LogP contribution in [0.4, 0.5) is 0 Å². The highest BCUT2D eigenvalue weighted by molar-refractivity contribution is 5.15. The first-order chi connectivity index (χ1) is 8.06. The molecule has 0 amide bonds. The van der Waals surface area contributed by atoms with E-state index in [2.05, 4.69) is 0 Å². The van der Waals surface area contributed by atoms with Crippen LogP contribution in [0.1, 0.15) is 19.1 Å². The minimum absolute atomic E-state index is 0.318. The zero-order valence-electron chi connectivity index (χ0n) is 9.80. The molecule has 2 heterocycles. The van der Waals surface area contributed by atoms with Gasteiger partial charge in [0, 0.05) is 12.6 Å². The molecule has 1 saturated heterocycles. The largest absolute Gasteiger partial charge is 0.502 e. The smallest absolute Gasteiger partial charge is 0.226 e. The second-order valence-electron chi connectivity index (χ2n) is 4.66. The van der Waals surface area contributed by atoms with E-state index in [0.29, 0.717) is 24.8 Å².